The highest BCUT2D eigenvalue weighted by Crippen LogP contribution is 2.34. The number of aryl methyl sites for hydroxylation is 2. The molecule has 8 heteroatoms. The van der Waals surface area contributed by atoms with Gasteiger partial charge in [-0.3, -0.25) is 14.9 Å². The molecule has 0 amide bonds. The monoisotopic (exact) mass is 424 g/mol. The minimum atomic E-state index is -1.08. The van der Waals surface area contributed by atoms with Gasteiger partial charge in [-0.1, -0.05) is 6.07 Å². The number of aliphatic carboxylic acids is 1. The number of hydrogen-bond acceptors (Lipinski definition) is 5. The summed E-state index contributed by atoms with van der Waals surface area (Å²) in [4.78, 5) is 28.3. The Kier molecular flexibility index (Phi) is 5.68. The Morgan fingerprint density at radius 2 is 2.06 bits per heavy atom. The molecule has 31 heavy (non-hydrogen) atoms. The number of aromatic nitrogens is 3. The van der Waals surface area contributed by atoms with Crippen LogP contribution in [-0.4, -0.2) is 42.4 Å². The lowest BCUT2D eigenvalue weighted by atomic mass is 10.1. The number of carboxylic acid groups (broad SMARTS) is 1. The van der Waals surface area contributed by atoms with Gasteiger partial charge in [-0.25, -0.2) is 4.98 Å². The van der Waals surface area contributed by atoms with Crippen molar-refractivity contribution >= 4 is 17.0 Å². The summed E-state index contributed by atoms with van der Waals surface area (Å²) in [6.45, 7) is 4.45. The van der Waals surface area contributed by atoms with E-state index in [-0.39, 0.29) is 5.56 Å². The summed E-state index contributed by atoms with van der Waals surface area (Å²) in [5, 5.41) is 21.9. The molecule has 4 rings (SSSR count). The van der Waals surface area contributed by atoms with E-state index in [1.54, 1.807) is 11.6 Å². The Hall–Kier alpha value is -2.97. The van der Waals surface area contributed by atoms with Gasteiger partial charge in [0.05, 0.1) is 17.1 Å². The maximum absolute atomic E-state index is 12.1. The van der Waals surface area contributed by atoms with Crippen molar-refractivity contribution in [2.24, 2.45) is 13.0 Å². The quantitative estimate of drug-likeness (QED) is 0.511. The zero-order valence-electron chi connectivity index (χ0n) is 18.0. The average Bonchev–Trinajstić information content (AvgIpc) is 3.46. The zero-order chi connectivity index (χ0) is 22.3. The molecule has 2 heterocycles. The number of fused-ring (bicyclic) bond motifs is 1. The lowest BCUT2D eigenvalue weighted by Gasteiger charge is -2.17. The molecule has 0 spiro atoms. The summed E-state index contributed by atoms with van der Waals surface area (Å²) < 4.78 is 3.79. The molecule has 3 N–H and O–H groups in total. The predicted octanol–water partition coefficient (Wildman–Crippen LogP) is 2.04. The van der Waals surface area contributed by atoms with Gasteiger partial charge >= 0.3 is 5.97 Å². The average molecular weight is 425 g/mol. The molecule has 0 bridgehead atoms. The van der Waals surface area contributed by atoms with E-state index >= 15 is 0 Å². The number of carbonyl (C=O) groups is 1. The normalized spacial score (nSPS) is 15.9. The first kappa shape index (κ1) is 21.3. The highest BCUT2D eigenvalue weighted by Gasteiger charge is 2.26. The second-order valence-electron chi connectivity index (χ2n) is 8.58. The highest BCUT2D eigenvalue weighted by molar-refractivity contribution is 5.81. The molecule has 0 aliphatic heterocycles. The van der Waals surface area contributed by atoms with Gasteiger partial charge in [0.15, 0.2) is 0 Å². The summed E-state index contributed by atoms with van der Waals surface area (Å²) >= 11 is 0. The van der Waals surface area contributed by atoms with Crippen LogP contribution in [0.5, 0.6) is 0 Å². The van der Waals surface area contributed by atoms with E-state index < -0.39 is 18.1 Å². The van der Waals surface area contributed by atoms with Crippen LogP contribution in [0.25, 0.3) is 22.4 Å². The molecule has 164 valence electrons. The second kappa shape index (κ2) is 8.28. The summed E-state index contributed by atoms with van der Waals surface area (Å²) in [5.74, 6) is 0.374. The molecule has 1 fully saturated rings. The van der Waals surface area contributed by atoms with Crippen molar-refractivity contribution in [1.82, 2.24) is 19.4 Å². The number of benzene rings is 1. The number of aliphatic hydroxyl groups is 1. The smallest absolute Gasteiger partial charge is 0.323 e. The molecule has 0 saturated heterocycles. The van der Waals surface area contributed by atoms with E-state index in [2.05, 4.69) is 9.88 Å². The van der Waals surface area contributed by atoms with Crippen LogP contribution in [0.3, 0.4) is 0 Å². The zero-order valence-corrected chi connectivity index (χ0v) is 18.0. The Bertz CT molecular complexity index is 1160. The lowest BCUT2D eigenvalue weighted by Crippen LogP contribution is -2.44. The Labute approximate surface area is 180 Å². The van der Waals surface area contributed by atoms with Crippen LogP contribution >= 0.6 is 0 Å². The number of hydrogen-bond donors (Lipinski definition) is 3. The summed E-state index contributed by atoms with van der Waals surface area (Å²) in [5.41, 5.74) is 4.31. The fourth-order valence-electron chi connectivity index (χ4n) is 3.93. The molecular weight excluding hydrogens is 396 g/mol. The molecule has 1 saturated carbocycles. The van der Waals surface area contributed by atoms with Gasteiger partial charge in [-0.15, -0.1) is 0 Å². The van der Waals surface area contributed by atoms with Crippen LogP contribution < -0.4 is 10.9 Å². The lowest BCUT2D eigenvalue weighted by molar-refractivity contribution is -0.142. The first-order chi connectivity index (χ1) is 14.7. The standard InChI is InChI=1S/C23H28N4O4/c1-13-8-17(12-26(3)22(13)29)21-25-18-7-6-16(10-24-20(14(2)28)23(30)31)9-19(18)27(21)11-15-4-5-15/h6-9,12,14-15,20,24,28H,4-5,10-11H2,1-3H3,(H,30,31)/t14-,20+/m1/s1. The number of aliphatic hydroxyl groups excluding tert-OH is 1. The molecule has 3 aromatic rings. The van der Waals surface area contributed by atoms with Gasteiger partial charge in [0.1, 0.15) is 11.9 Å². The van der Waals surface area contributed by atoms with E-state index in [0.29, 0.717) is 18.0 Å². The molecule has 1 aliphatic carbocycles. The van der Waals surface area contributed by atoms with Crippen LogP contribution in [0.15, 0.2) is 35.3 Å². The largest absolute Gasteiger partial charge is 0.480 e. The van der Waals surface area contributed by atoms with Crippen molar-refractivity contribution in [3.8, 4) is 11.4 Å². The molecule has 8 nitrogen and oxygen atoms in total. The third kappa shape index (κ3) is 4.40. The topological polar surface area (TPSA) is 109 Å². The van der Waals surface area contributed by atoms with Gasteiger partial charge in [-0.05, 0) is 56.4 Å². The van der Waals surface area contributed by atoms with E-state index in [9.17, 15) is 19.8 Å². The van der Waals surface area contributed by atoms with Gasteiger partial charge in [-0.2, -0.15) is 0 Å². The Morgan fingerprint density at radius 3 is 2.68 bits per heavy atom. The van der Waals surface area contributed by atoms with E-state index in [1.807, 2.05) is 37.4 Å². The third-order valence-corrected chi connectivity index (χ3v) is 5.85. The van der Waals surface area contributed by atoms with Crippen molar-refractivity contribution < 1.29 is 15.0 Å². The van der Waals surface area contributed by atoms with Crippen molar-refractivity contribution in [1.29, 1.82) is 0 Å². The fraction of sp³-hybridized carbons (Fsp3) is 0.435. The maximum atomic E-state index is 12.1. The number of nitrogens with one attached hydrogen (secondary N) is 1. The Morgan fingerprint density at radius 1 is 1.32 bits per heavy atom. The van der Waals surface area contributed by atoms with Gasteiger partial charge in [0.25, 0.3) is 5.56 Å². The van der Waals surface area contributed by atoms with Crippen LogP contribution in [0.1, 0.15) is 30.9 Å². The van der Waals surface area contributed by atoms with Crippen LogP contribution in [-0.2, 0) is 24.9 Å². The van der Waals surface area contributed by atoms with Gasteiger partial charge in [0.2, 0.25) is 0 Å². The van der Waals surface area contributed by atoms with Crippen molar-refractivity contribution in [3.63, 3.8) is 0 Å². The van der Waals surface area contributed by atoms with Gasteiger partial charge < -0.3 is 19.3 Å². The summed E-state index contributed by atoms with van der Waals surface area (Å²) in [6, 6.07) is 6.73. The van der Waals surface area contributed by atoms with E-state index in [1.165, 1.54) is 19.8 Å². The molecule has 2 atom stereocenters. The van der Waals surface area contributed by atoms with Crippen molar-refractivity contribution in [2.75, 3.05) is 0 Å². The highest BCUT2D eigenvalue weighted by atomic mass is 16.4. The second-order valence-corrected chi connectivity index (χ2v) is 8.58. The van der Waals surface area contributed by atoms with Gasteiger partial charge in [0, 0.05) is 37.5 Å². The summed E-state index contributed by atoms with van der Waals surface area (Å²) in [6.07, 6.45) is 3.21. The molecule has 1 aromatic carbocycles. The van der Waals surface area contributed by atoms with Crippen molar-refractivity contribution in [3.05, 3.63) is 51.9 Å². The van der Waals surface area contributed by atoms with Crippen LogP contribution in [0.2, 0.25) is 0 Å². The number of pyridine rings is 1. The minimum absolute atomic E-state index is 0.0203. The van der Waals surface area contributed by atoms with E-state index in [4.69, 9.17) is 4.98 Å². The minimum Gasteiger partial charge on any atom is -0.480 e. The van der Waals surface area contributed by atoms with Crippen molar-refractivity contribution in [2.45, 2.75) is 51.9 Å². The molecule has 1 aliphatic rings. The molecular formula is C23H28N4O4. The number of nitrogens with zero attached hydrogens (tertiary/aromatic N) is 3. The molecule has 0 radical (unpaired) electrons. The van der Waals surface area contributed by atoms with Crippen LogP contribution in [0, 0.1) is 12.8 Å². The van der Waals surface area contributed by atoms with E-state index in [0.717, 1.165) is 34.5 Å². The number of imidazole rings is 1. The van der Waals surface area contributed by atoms with Crippen LogP contribution in [0.4, 0.5) is 0 Å². The molecule has 0 unspecified atom stereocenters. The number of carboxylic acids is 1. The maximum Gasteiger partial charge on any atom is 0.323 e. The Balaban J connectivity index is 1.73. The SMILES string of the molecule is Cc1cc(-c2nc3ccc(CN[C@H](C(=O)O)[C@@H](C)O)cc3n2CC2CC2)cn(C)c1=O. The summed E-state index contributed by atoms with van der Waals surface area (Å²) in [7, 11) is 1.75. The third-order valence-electron chi connectivity index (χ3n) is 5.85. The first-order valence-electron chi connectivity index (χ1n) is 10.6. The fourth-order valence-corrected chi connectivity index (χ4v) is 3.93. The predicted molar refractivity (Wildman–Crippen MR) is 118 cm³/mol. The number of rotatable bonds is 8. The first-order valence-corrected chi connectivity index (χ1v) is 10.6. The molecule has 2 aromatic heterocycles.